The Bertz CT molecular complexity index is 708. The molecule has 1 aromatic carbocycles. The molecule has 0 saturated carbocycles. The minimum atomic E-state index is -4.30. The largest absolute Gasteiger partial charge is 0.416 e. The van der Waals surface area contributed by atoms with Gasteiger partial charge in [-0.2, -0.15) is 18.2 Å². The fourth-order valence-corrected chi connectivity index (χ4v) is 3.08. The Kier molecular flexibility index (Phi) is 5.93. The van der Waals surface area contributed by atoms with Crippen molar-refractivity contribution in [1.82, 2.24) is 19.9 Å². The molecule has 3 rings (SSSR count). The molecule has 2 aromatic rings. The quantitative estimate of drug-likeness (QED) is 0.782. The van der Waals surface area contributed by atoms with Crippen molar-refractivity contribution >= 4 is 0 Å². The zero-order chi connectivity index (χ0) is 18.6. The van der Waals surface area contributed by atoms with Crippen molar-refractivity contribution in [2.75, 3.05) is 26.2 Å². The van der Waals surface area contributed by atoms with Gasteiger partial charge in [-0.1, -0.05) is 30.3 Å². The number of hydrogen-bond donors (Lipinski definition) is 0. The lowest BCUT2D eigenvalue weighted by Crippen LogP contribution is -2.45. The van der Waals surface area contributed by atoms with E-state index in [9.17, 15) is 13.2 Å². The van der Waals surface area contributed by atoms with Gasteiger partial charge in [0.05, 0.1) is 12.1 Å². The average molecular weight is 368 g/mol. The van der Waals surface area contributed by atoms with Gasteiger partial charge in [0.1, 0.15) is 0 Å². The maximum atomic E-state index is 12.8. The van der Waals surface area contributed by atoms with Crippen molar-refractivity contribution < 1.29 is 17.7 Å². The highest BCUT2D eigenvalue weighted by molar-refractivity contribution is 5.25. The maximum absolute atomic E-state index is 12.8. The molecule has 8 heteroatoms. The molecule has 0 N–H and O–H groups in total. The fraction of sp³-hybridized carbons (Fsp3) is 0.556. The molecule has 0 spiro atoms. The van der Waals surface area contributed by atoms with Crippen LogP contribution in [0.5, 0.6) is 0 Å². The highest BCUT2D eigenvalue weighted by Gasteiger charge is 2.30. The van der Waals surface area contributed by atoms with Crippen molar-refractivity contribution in [2.45, 2.75) is 39.0 Å². The van der Waals surface area contributed by atoms with Crippen LogP contribution >= 0.6 is 0 Å². The van der Waals surface area contributed by atoms with Crippen molar-refractivity contribution in [2.24, 2.45) is 0 Å². The summed E-state index contributed by atoms with van der Waals surface area (Å²) in [6.07, 6.45) is -2.50. The molecule has 1 fully saturated rings. The van der Waals surface area contributed by atoms with Crippen LogP contribution in [0.4, 0.5) is 13.2 Å². The number of aryl methyl sites for hydroxylation is 1. The predicted octanol–water partition coefficient (Wildman–Crippen LogP) is 3.36. The van der Waals surface area contributed by atoms with E-state index in [1.807, 2.05) is 0 Å². The molecule has 5 nitrogen and oxygen atoms in total. The summed E-state index contributed by atoms with van der Waals surface area (Å²) in [7, 11) is 0. The molecule has 2 heterocycles. The van der Waals surface area contributed by atoms with Crippen LogP contribution in [-0.4, -0.2) is 46.1 Å². The Balaban J connectivity index is 1.49. The second-order valence-electron chi connectivity index (χ2n) is 6.60. The van der Waals surface area contributed by atoms with Gasteiger partial charge in [0.2, 0.25) is 5.89 Å². The topological polar surface area (TPSA) is 45.4 Å². The van der Waals surface area contributed by atoms with Crippen molar-refractivity contribution in [3.8, 4) is 0 Å². The smallest absolute Gasteiger partial charge is 0.338 e. The molecular formula is C18H23F3N4O. The molecule has 0 bridgehead atoms. The number of hydrogen-bond acceptors (Lipinski definition) is 5. The fourth-order valence-electron chi connectivity index (χ4n) is 3.08. The third-order valence-corrected chi connectivity index (χ3v) is 4.47. The lowest BCUT2D eigenvalue weighted by molar-refractivity contribution is -0.137. The van der Waals surface area contributed by atoms with Gasteiger partial charge in [0, 0.05) is 39.1 Å². The van der Waals surface area contributed by atoms with Crippen LogP contribution in [0.2, 0.25) is 0 Å². The average Bonchev–Trinajstić information content (AvgIpc) is 3.04. The van der Waals surface area contributed by atoms with Crippen molar-refractivity contribution in [3.05, 3.63) is 47.1 Å². The lowest BCUT2D eigenvalue weighted by Gasteiger charge is -2.34. The van der Waals surface area contributed by atoms with Crippen LogP contribution in [0.15, 0.2) is 28.8 Å². The van der Waals surface area contributed by atoms with Crippen LogP contribution in [0.25, 0.3) is 0 Å². The minimum absolute atomic E-state index is 0.527. The maximum Gasteiger partial charge on any atom is 0.416 e. The van der Waals surface area contributed by atoms with E-state index in [1.165, 1.54) is 12.1 Å². The molecule has 1 saturated heterocycles. The van der Waals surface area contributed by atoms with E-state index in [2.05, 4.69) is 26.9 Å². The van der Waals surface area contributed by atoms with Gasteiger partial charge in [0.15, 0.2) is 5.82 Å². The monoisotopic (exact) mass is 368 g/mol. The molecular weight excluding hydrogens is 345 g/mol. The third-order valence-electron chi connectivity index (χ3n) is 4.47. The summed E-state index contributed by atoms with van der Waals surface area (Å²) in [4.78, 5) is 8.77. The van der Waals surface area contributed by atoms with Crippen molar-refractivity contribution in [1.29, 1.82) is 0 Å². The zero-order valence-corrected chi connectivity index (χ0v) is 14.8. The Hall–Kier alpha value is -1.93. The number of halogens is 3. The van der Waals surface area contributed by atoms with E-state index in [4.69, 9.17) is 4.52 Å². The van der Waals surface area contributed by atoms with Gasteiger partial charge in [-0.15, -0.1) is 0 Å². The van der Waals surface area contributed by atoms with Gasteiger partial charge < -0.3 is 4.52 Å². The Morgan fingerprint density at radius 2 is 1.77 bits per heavy atom. The van der Waals surface area contributed by atoms with E-state index in [0.29, 0.717) is 24.5 Å². The van der Waals surface area contributed by atoms with Gasteiger partial charge in [-0.25, -0.2) is 0 Å². The number of nitrogens with zero attached hydrogens (tertiary/aromatic N) is 4. The second kappa shape index (κ2) is 8.18. The van der Waals surface area contributed by atoms with E-state index in [1.54, 1.807) is 6.07 Å². The number of piperazine rings is 1. The van der Waals surface area contributed by atoms with Crippen LogP contribution in [0.3, 0.4) is 0 Å². The van der Waals surface area contributed by atoms with E-state index in [-0.39, 0.29) is 0 Å². The van der Waals surface area contributed by atoms with Crippen LogP contribution in [0, 0.1) is 0 Å². The van der Waals surface area contributed by atoms with Crippen LogP contribution < -0.4 is 0 Å². The summed E-state index contributed by atoms with van der Waals surface area (Å²) < 4.78 is 43.7. The number of rotatable bonds is 6. The first-order chi connectivity index (χ1) is 12.4. The Labute approximate surface area is 150 Å². The number of aromatic nitrogens is 2. The molecule has 0 aliphatic carbocycles. The molecule has 1 aliphatic heterocycles. The molecule has 0 atom stereocenters. The minimum Gasteiger partial charge on any atom is -0.338 e. The van der Waals surface area contributed by atoms with E-state index < -0.39 is 11.7 Å². The first kappa shape index (κ1) is 18.8. The predicted molar refractivity (Wildman–Crippen MR) is 90.3 cm³/mol. The number of benzene rings is 1. The molecule has 0 amide bonds. The molecule has 26 heavy (non-hydrogen) atoms. The second-order valence-corrected chi connectivity index (χ2v) is 6.60. The summed E-state index contributed by atoms with van der Waals surface area (Å²) in [5, 5.41) is 3.96. The van der Waals surface area contributed by atoms with Crippen molar-refractivity contribution in [3.63, 3.8) is 0 Å². The summed E-state index contributed by atoms with van der Waals surface area (Å²) >= 11 is 0. The van der Waals surface area contributed by atoms with E-state index in [0.717, 1.165) is 50.9 Å². The highest BCUT2D eigenvalue weighted by atomic mass is 19.4. The first-order valence-corrected chi connectivity index (χ1v) is 8.86. The summed E-state index contributed by atoms with van der Waals surface area (Å²) in [6.45, 7) is 6.46. The van der Waals surface area contributed by atoms with Gasteiger partial charge in [0.25, 0.3) is 0 Å². The highest BCUT2D eigenvalue weighted by Crippen LogP contribution is 2.29. The van der Waals surface area contributed by atoms with Gasteiger partial charge in [-0.05, 0) is 18.1 Å². The van der Waals surface area contributed by atoms with E-state index >= 15 is 0 Å². The van der Waals surface area contributed by atoms with Crippen LogP contribution in [-0.2, 0) is 25.7 Å². The Morgan fingerprint density at radius 1 is 1.08 bits per heavy atom. The lowest BCUT2D eigenvalue weighted by atomic mass is 10.1. The molecule has 1 aliphatic rings. The molecule has 1 aromatic heterocycles. The standard InChI is InChI=1S/C18H23F3N4O/c1-2-4-16-22-17(26-23-16)13-25-9-7-24(8-10-25)12-14-5-3-6-15(11-14)18(19,20)21/h3,5-6,11H,2,4,7-10,12-13H2,1H3. The first-order valence-electron chi connectivity index (χ1n) is 8.86. The molecule has 0 unspecified atom stereocenters. The summed E-state index contributed by atoms with van der Waals surface area (Å²) in [5.41, 5.74) is 0.0993. The number of alkyl halides is 3. The summed E-state index contributed by atoms with van der Waals surface area (Å²) in [5.74, 6) is 1.37. The SMILES string of the molecule is CCCc1noc(CN2CCN(Cc3cccc(C(F)(F)F)c3)CC2)n1. The summed E-state index contributed by atoms with van der Waals surface area (Å²) in [6, 6.07) is 5.56. The molecule has 142 valence electrons. The van der Waals surface area contributed by atoms with Gasteiger partial charge in [-0.3, -0.25) is 9.80 Å². The molecule has 0 radical (unpaired) electrons. The Morgan fingerprint density at radius 3 is 2.42 bits per heavy atom. The normalized spacial score (nSPS) is 16.9. The zero-order valence-electron chi connectivity index (χ0n) is 14.8. The van der Waals surface area contributed by atoms with Gasteiger partial charge >= 0.3 is 6.18 Å². The van der Waals surface area contributed by atoms with Crippen LogP contribution in [0.1, 0.15) is 36.2 Å². The third kappa shape index (κ3) is 5.04.